The smallest absolute Gasteiger partial charge is 0.108 e. The topological polar surface area (TPSA) is 32.7 Å². The Bertz CT molecular complexity index is 611. The summed E-state index contributed by atoms with van der Waals surface area (Å²) in [5.74, 6) is 0. The summed E-state index contributed by atoms with van der Waals surface area (Å²) in [4.78, 5) is 2.48. The average molecular weight is 289 g/mol. The summed E-state index contributed by atoms with van der Waals surface area (Å²) in [7, 11) is 0. The number of ether oxygens (including phenoxy) is 1. The van der Waals surface area contributed by atoms with Crippen molar-refractivity contribution >= 4 is 21.4 Å². The Labute approximate surface area is 122 Å². The van der Waals surface area contributed by atoms with Crippen molar-refractivity contribution in [1.82, 2.24) is 4.90 Å². The zero-order valence-electron chi connectivity index (χ0n) is 11.4. The van der Waals surface area contributed by atoms with Gasteiger partial charge in [-0.3, -0.25) is 4.90 Å². The second-order valence-corrected chi connectivity index (χ2v) is 6.71. The van der Waals surface area contributed by atoms with Gasteiger partial charge in [0.1, 0.15) is 12.2 Å². The van der Waals surface area contributed by atoms with Gasteiger partial charge in [-0.25, -0.2) is 0 Å². The Morgan fingerprint density at radius 2 is 2.30 bits per heavy atom. The minimum Gasteiger partial charge on any atom is -0.386 e. The van der Waals surface area contributed by atoms with Crippen molar-refractivity contribution in [3.05, 3.63) is 35.2 Å². The molecule has 106 valence electrons. The molecule has 3 atom stereocenters. The SMILES string of the molecule is OC(c1cccc2ccsc12)C1CN2CCCC2CO1. The van der Waals surface area contributed by atoms with Gasteiger partial charge in [0.05, 0.1) is 6.61 Å². The highest BCUT2D eigenvalue weighted by atomic mass is 32.1. The molecule has 1 aromatic carbocycles. The number of fused-ring (bicyclic) bond motifs is 2. The van der Waals surface area contributed by atoms with Crippen LogP contribution in [0.15, 0.2) is 29.6 Å². The molecule has 0 saturated carbocycles. The third-order valence-corrected chi connectivity index (χ3v) is 5.58. The van der Waals surface area contributed by atoms with Crippen molar-refractivity contribution in [1.29, 1.82) is 0 Å². The second-order valence-electron chi connectivity index (χ2n) is 5.79. The first-order valence-electron chi connectivity index (χ1n) is 7.33. The number of nitrogens with zero attached hydrogens (tertiary/aromatic N) is 1. The molecule has 2 fully saturated rings. The molecule has 1 aromatic heterocycles. The van der Waals surface area contributed by atoms with Crippen LogP contribution in [-0.4, -0.2) is 41.8 Å². The van der Waals surface area contributed by atoms with Crippen LogP contribution in [0.2, 0.25) is 0 Å². The molecule has 2 saturated heterocycles. The summed E-state index contributed by atoms with van der Waals surface area (Å²) >= 11 is 1.70. The highest BCUT2D eigenvalue weighted by molar-refractivity contribution is 7.17. The first-order valence-corrected chi connectivity index (χ1v) is 8.21. The predicted molar refractivity (Wildman–Crippen MR) is 81.1 cm³/mol. The molecule has 4 heteroatoms. The number of thiophene rings is 1. The fraction of sp³-hybridized carbons (Fsp3) is 0.500. The largest absolute Gasteiger partial charge is 0.386 e. The molecule has 2 aromatic rings. The number of benzene rings is 1. The molecular formula is C16H19NO2S. The maximum absolute atomic E-state index is 10.7. The van der Waals surface area contributed by atoms with Crippen LogP contribution in [0.1, 0.15) is 24.5 Å². The van der Waals surface area contributed by atoms with Crippen molar-refractivity contribution < 1.29 is 9.84 Å². The average Bonchev–Trinajstić information content (AvgIpc) is 3.13. The maximum atomic E-state index is 10.7. The minimum atomic E-state index is -0.529. The third-order valence-electron chi connectivity index (χ3n) is 4.60. The van der Waals surface area contributed by atoms with Crippen molar-refractivity contribution in [2.45, 2.75) is 31.1 Å². The molecule has 0 spiro atoms. The van der Waals surface area contributed by atoms with Gasteiger partial charge in [-0.2, -0.15) is 0 Å². The van der Waals surface area contributed by atoms with Crippen molar-refractivity contribution in [3.8, 4) is 0 Å². The van der Waals surface area contributed by atoms with E-state index in [1.54, 1.807) is 11.3 Å². The summed E-state index contributed by atoms with van der Waals surface area (Å²) in [5.41, 5.74) is 1.01. The van der Waals surface area contributed by atoms with E-state index in [0.717, 1.165) is 25.3 Å². The van der Waals surface area contributed by atoms with Crippen LogP contribution < -0.4 is 0 Å². The first kappa shape index (κ1) is 12.8. The van der Waals surface area contributed by atoms with E-state index in [2.05, 4.69) is 22.4 Å². The van der Waals surface area contributed by atoms with Crippen molar-refractivity contribution in [2.24, 2.45) is 0 Å². The van der Waals surface area contributed by atoms with E-state index >= 15 is 0 Å². The summed E-state index contributed by atoms with van der Waals surface area (Å²) in [6.07, 6.45) is 1.87. The fourth-order valence-electron chi connectivity index (χ4n) is 3.48. The summed E-state index contributed by atoms with van der Waals surface area (Å²) in [6.45, 7) is 2.77. The third kappa shape index (κ3) is 2.07. The van der Waals surface area contributed by atoms with Crippen LogP contribution in [0.4, 0.5) is 0 Å². The number of aliphatic hydroxyl groups excluding tert-OH is 1. The molecule has 1 N–H and O–H groups in total. The molecule has 4 rings (SSSR count). The molecule has 2 aliphatic rings. The Morgan fingerprint density at radius 1 is 1.35 bits per heavy atom. The molecular weight excluding hydrogens is 270 g/mol. The van der Waals surface area contributed by atoms with Crippen molar-refractivity contribution in [3.63, 3.8) is 0 Å². The highest BCUT2D eigenvalue weighted by Gasteiger charge is 2.36. The van der Waals surface area contributed by atoms with Gasteiger partial charge in [-0.15, -0.1) is 11.3 Å². The number of hydrogen-bond donors (Lipinski definition) is 1. The second kappa shape index (κ2) is 5.11. The molecule has 2 aliphatic heterocycles. The van der Waals surface area contributed by atoms with Gasteiger partial charge in [0.15, 0.2) is 0 Å². The van der Waals surface area contributed by atoms with Gasteiger partial charge in [0, 0.05) is 22.8 Å². The Kier molecular flexibility index (Phi) is 3.27. The summed E-state index contributed by atoms with van der Waals surface area (Å²) in [6, 6.07) is 8.84. The monoisotopic (exact) mass is 289 g/mol. The quantitative estimate of drug-likeness (QED) is 0.923. The highest BCUT2D eigenvalue weighted by Crippen LogP contribution is 2.34. The van der Waals surface area contributed by atoms with Crippen LogP contribution >= 0.6 is 11.3 Å². The van der Waals surface area contributed by atoms with Gasteiger partial charge in [0.2, 0.25) is 0 Å². The molecule has 0 aliphatic carbocycles. The molecule has 0 amide bonds. The summed E-state index contributed by atoms with van der Waals surface area (Å²) in [5, 5.41) is 14.0. The van der Waals surface area contributed by atoms with Crippen LogP contribution in [0.3, 0.4) is 0 Å². The molecule has 3 heterocycles. The van der Waals surface area contributed by atoms with Crippen LogP contribution in [0.5, 0.6) is 0 Å². The van der Waals surface area contributed by atoms with E-state index in [9.17, 15) is 5.11 Å². The van der Waals surface area contributed by atoms with E-state index in [4.69, 9.17) is 4.74 Å². The lowest BCUT2D eigenvalue weighted by Crippen LogP contribution is -2.48. The first-order chi connectivity index (χ1) is 9.83. The predicted octanol–water partition coefficient (Wildman–Crippen LogP) is 2.80. The molecule has 20 heavy (non-hydrogen) atoms. The fourth-order valence-corrected chi connectivity index (χ4v) is 4.43. The van der Waals surface area contributed by atoms with E-state index < -0.39 is 6.10 Å². The van der Waals surface area contributed by atoms with Gasteiger partial charge in [-0.05, 0) is 36.2 Å². The van der Waals surface area contributed by atoms with E-state index in [0.29, 0.717) is 6.04 Å². The lowest BCUT2D eigenvalue weighted by atomic mass is 10.0. The lowest BCUT2D eigenvalue weighted by molar-refractivity contribution is -0.103. The van der Waals surface area contributed by atoms with Crippen LogP contribution in [0, 0.1) is 0 Å². The normalized spacial score (nSPS) is 28.6. The Morgan fingerprint density at radius 3 is 3.25 bits per heavy atom. The number of morpholine rings is 1. The van der Waals surface area contributed by atoms with Gasteiger partial charge in [-0.1, -0.05) is 18.2 Å². The Hall–Kier alpha value is -0.940. The standard InChI is InChI=1S/C16H19NO2S/c18-15(13-5-1-3-11-6-8-20-16(11)13)14-9-17-7-2-4-12(17)10-19-14/h1,3,5-6,8,12,14-15,18H,2,4,7,9-10H2. The van der Waals surface area contributed by atoms with Crippen LogP contribution in [0.25, 0.3) is 10.1 Å². The lowest BCUT2D eigenvalue weighted by Gasteiger charge is -2.37. The van der Waals surface area contributed by atoms with E-state index in [1.807, 2.05) is 12.1 Å². The number of aliphatic hydroxyl groups is 1. The number of hydrogen-bond acceptors (Lipinski definition) is 4. The zero-order chi connectivity index (χ0) is 13.5. The zero-order valence-corrected chi connectivity index (χ0v) is 12.2. The molecule has 3 nitrogen and oxygen atoms in total. The Balaban J connectivity index is 1.60. The molecule has 3 unspecified atom stereocenters. The van der Waals surface area contributed by atoms with Crippen LogP contribution in [-0.2, 0) is 4.74 Å². The van der Waals surface area contributed by atoms with Gasteiger partial charge in [0.25, 0.3) is 0 Å². The maximum Gasteiger partial charge on any atom is 0.108 e. The van der Waals surface area contributed by atoms with Crippen molar-refractivity contribution in [2.75, 3.05) is 19.7 Å². The van der Waals surface area contributed by atoms with Gasteiger partial charge >= 0.3 is 0 Å². The minimum absolute atomic E-state index is 0.1000. The summed E-state index contributed by atoms with van der Waals surface area (Å²) < 4.78 is 7.13. The van der Waals surface area contributed by atoms with Gasteiger partial charge < -0.3 is 9.84 Å². The molecule has 0 radical (unpaired) electrons. The van der Waals surface area contributed by atoms with E-state index in [-0.39, 0.29) is 6.10 Å². The number of rotatable bonds is 2. The molecule has 0 bridgehead atoms. The van der Waals surface area contributed by atoms with E-state index in [1.165, 1.54) is 22.9 Å².